The van der Waals surface area contributed by atoms with Crippen LogP contribution < -0.4 is 5.73 Å². The smallest absolute Gasteiger partial charge is 0.142 e. The molecular weight excluding hydrogens is 238 g/mol. The van der Waals surface area contributed by atoms with Gasteiger partial charge in [0.2, 0.25) is 0 Å². The van der Waals surface area contributed by atoms with Crippen LogP contribution in [0.4, 0.5) is 4.39 Å². The second kappa shape index (κ2) is 4.84. The van der Waals surface area contributed by atoms with Gasteiger partial charge < -0.3 is 10.7 Å². The predicted molar refractivity (Wildman–Crippen MR) is 63.3 cm³/mol. The zero-order valence-electron chi connectivity index (χ0n) is 7.89. The van der Waals surface area contributed by atoms with Crippen LogP contribution in [0.15, 0.2) is 18.3 Å². The van der Waals surface area contributed by atoms with E-state index in [0.717, 1.165) is 16.5 Å². The van der Waals surface area contributed by atoms with Crippen LogP contribution in [-0.4, -0.2) is 11.5 Å². The second-order valence-corrected chi connectivity index (χ2v) is 3.51. The Hall–Kier alpha value is -0.770. The van der Waals surface area contributed by atoms with Gasteiger partial charge in [0.1, 0.15) is 5.82 Å². The van der Waals surface area contributed by atoms with Crippen LogP contribution in [0.25, 0.3) is 10.9 Å². The van der Waals surface area contributed by atoms with E-state index in [2.05, 4.69) is 4.98 Å². The third kappa shape index (κ3) is 2.09. The highest BCUT2D eigenvalue weighted by Crippen LogP contribution is 2.29. The average molecular weight is 249 g/mol. The minimum absolute atomic E-state index is 0. The summed E-state index contributed by atoms with van der Waals surface area (Å²) in [6, 6.07) is 3.03. The summed E-state index contributed by atoms with van der Waals surface area (Å²) < 4.78 is 13.2. The maximum atomic E-state index is 13.2. The van der Waals surface area contributed by atoms with Gasteiger partial charge in [-0.05, 0) is 30.7 Å². The molecule has 2 aromatic rings. The molecule has 0 aliphatic rings. The average Bonchev–Trinajstić information content (AvgIpc) is 2.57. The molecule has 1 heterocycles. The predicted octanol–water partition coefficient (Wildman–Crippen LogP) is 2.88. The standard InChI is InChI=1S/C10H10ClFN2.ClH/c11-10-7(12)1-2-8-9(10)6(3-4-13)5-14-8;/h1-2,5,14H,3-4,13H2;1H. The first-order valence-electron chi connectivity index (χ1n) is 4.38. The van der Waals surface area contributed by atoms with Crippen molar-refractivity contribution in [1.82, 2.24) is 4.98 Å². The van der Waals surface area contributed by atoms with Gasteiger partial charge in [0.15, 0.2) is 0 Å². The molecule has 82 valence electrons. The van der Waals surface area contributed by atoms with Crippen molar-refractivity contribution < 1.29 is 4.39 Å². The van der Waals surface area contributed by atoms with E-state index in [0.29, 0.717) is 13.0 Å². The van der Waals surface area contributed by atoms with Crippen LogP contribution in [0, 0.1) is 5.82 Å². The zero-order chi connectivity index (χ0) is 10.1. The molecule has 0 unspecified atom stereocenters. The highest BCUT2D eigenvalue weighted by Gasteiger charge is 2.10. The van der Waals surface area contributed by atoms with E-state index < -0.39 is 5.82 Å². The first-order chi connectivity index (χ1) is 6.74. The third-order valence-electron chi connectivity index (χ3n) is 2.23. The SMILES string of the molecule is Cl.NCCc1c[nH]c2ccc(F)c(Cl)c12. The second-order valence-electron chi connectivity index (χ2n) is 3.14. The number of benzene rings is 1. The molecular formula is C10H11Cl2FN2. The van der Waals surface area contributed by atoms with E-state index in [4.69, 9.17) is 17.3 Å². The molecule has 0 atom stereocenters. The molecule has 2 nitrogen and oxygen atoms in total. The number of halogens is 3. The molecule has 0 saturated carbocycles. The number of hydrogen-bond acceptors (Lipinski definition) is 1. The summed E-state index contributed by atoms with van der Waals surface area (Å²) in [6.45, 7) is 0.528. The Morgan fingerprint density at radius 3 is 2.80 bits per heavy atom. The Morgan fingerprint density at radius 1 is 1.40 bits per heavy atom. The van der Waals surface area contributed by atoms with Crippen LogP contribution in [0.2, 0.25) is 5.02 Å². The Kier molecular flexibility index (Phi) is 3.97. The number of rotatable bonds is 2. The summed E-state index contributed by atoms with van der Waals surface area (Å²) in [5.41, 5.74) is 7.26. The maximum absolute atomic E-state index is 13.2. The third-order valence-corrected chi connectivity index (χ3v) is 2.60. The van der Waals surface area contributed by atoms with E-state index >= 15 is 0 Å². The van der Waals surface area contributed by atoms with Crippen LogP contribution in [0.3, 0.4) is 0 Å². The fraction of sp³-hybridized carbons (Fsp3) is 0.200. The summed E-state index contributed by atoms with van der Waals surface area (Å²) >= 11 is 5.87. The van der Waals surface area contributed by atoms with Crippen molar-refractivity contribution in [2.24, 2.45) is 5.73 Å². The Morgan fingerprint density at radius 2 is 2.13 bits per heavy atom. The fourth-order valence-electron chi connectivity index (χ4n) is 1.57. The molecule has 0 spiro atoms. The lowest BCUT2D eigenvalue weighted by atomic mass is 10.1. The molecule has 3 N–H and O–H groups in total. The number of aromatic nitrogens is 1. The van der Waals surface area contributed by atoms with Crippen LogP contribution in [0.5, 0.6) is 0 Å². The fourth-order valence-corrected chi connectivity index (χ4v) is 1.86. The summed E-state index contributed by atoms with van der Waals surface area (Å²) in [5.74, 6) is -0.392. The van der Waals surface area contributed by atoms with Crippen molar-refractivity contribution in [3.8, 4) is 0 Å². The van der Waals surface area contributed by atoms with Gasteiger partial charge >= 0.3 is 0 Å². The number of nitrogens with one attached hydrogen (secondary N) is 1. The molecule has 15 heavy (non-hydrogen) atoms. The molecule has 0 fully saturated rings. The van der Waals surface area contributed by atoms with E-state index in [1.807, 2.05) is 6.20 Å². The van der Waals surface area contributed by atoms with Gasteiger partial charge in [-0.25, -0.2) is 4.39 Å². The lowest BCUT2D eigenvalue weighted by Crippen LogP contribution is -2.02. The zero-order valence-corrected chi connectivity index (χ0v) is 9.46. The molecule has 0 aliphatic carbocycles. The van der Waals surface area contributed by atoms with Crippen molar-refractivity contribution in [3.63, 3.8) is 0 Å². The van der Waals surface area contributed by atoms with Crippen molar-refractivity contribution in [2.45, 2.75) is 6.42 Å². The number of aromatic amines is 1. The van der Waals surface area contributed by atoms with Crippen molar-refractivity contribution >= 4 is 34.9 Å². The molecule has 0 aliphatic heterocycles. The molecule has 0 radical (unpaired) electrons. The first-order valence-corrected chi connectivity index (χ1v) is 4.76. The van der Waals surface area contributed by atoms with Gasteiger partial charge in [-0.2, -0.15) is 0 Å². The van der Waals surface area contributed by atoms with Gasteiger partial charge in [-0.3, -0.25) is 0 Å². The van der Waals surface area contributed by atoms with E-state index in [1.165, 1.54) is 6.07 Å². The molecule has 0 amide bonds. The van der Waals surface area contributed by atoms with E-state index in [9.17, 15) is 4.39 Å². The lowest BCUT2D eigenvalue weighted by molar-refractivity contribution is 0.630. The summed E-state index contributed by atoms with van der Waals surface area (Å²) in [5, 5.41) is 0.921. The van der Waals surface area contributed by atoms with Gasteiger partial charge in [0, 0.05) is 17.1 Å². The van der Waals surface area contributed by atoms with Gasteiger partial charge in [0.05, 0.1) is 5.02 Å². The van der Waals surface area contributed by atoms with Crippen molar-refractivity contribution in [3.05, 3.63) is 34.7 Å². The molecule has 1 aromatic carbocycles. The summed E-state index contributed by atoms with van der Waals surface area (Å²) in [6.07, 6.45) is 2.52. The summed E-state index contributed by atoms with van der Waals surface area (Å²) in [7, 11) is 0. The number of H-pyrrole nitrogens is 1. The van der Waals surface area contributed by atoms with Gasteiger partial charge in [-0.1, -0.05) is 11.6 Å². The van der Waals surface area contributed by atoms with Crippen LogP contribution in [-0.2, 0) is 6.42 Å². The topological polar surface area (TPSA) is 41.8 Å². The number of nitrogens with two attached hydrogens (primary N) is 1. The van der Waals surface area contributed by atoms with Crippen LogP contribution in [0.1, 0.15) is 5.56 Å². The summed E-state index contributed by atoms with van der Waals surface area (Å²) in [4.78, 5) is 3.03. The Bertz CT molecular complexity index is 468. The highest BCUT2D eigenvalue weighted by atomic mass is 35.5. The van der Waals surface area contributed by atoms with Crippen molar-refractivity contribution in [2.75, 3.05) is 6.54 Å². The molecule has 0 saturated heterocycles. The molecule has 2 rings (SSSR count). The van der Waals surface area contributed by atoms with E-state index in [-0.39, 0.29) is 17.4 Å². The largest absolute Gasteiger partial charge is 0.361 e. The Balaban J connectivity index is 0.00000112. The maximum Gasteiger partial charge on any atom is 0.142 e. The monoisotopic (exact) mass is 248 g/mol. The van der Waals surface area contributed by atoms with Gasteiger partial charge in [-0.15, -0.1) is 12.4 Å². The lowest BCUT2D eigenvalue weighted by Gasteiger charge is -1.99. The number of fused-ring (bicyclic) bond motifs is 1. The van der Waals surface area contributed by atoms with Crippen molar-refractivity contribution in [1.29, 1.82) is 0 Å². The normalized spacial score (nSPS) is 10.3. The van der Waals surface area contributed by atoms with Crippen LogP contribution >= 0.6 is 24.0 Å². The minimum atomic E-state index is -0.392. The molecule has 1 aromatic heterocycles. The number of hydrogen-bond donors (Lipinski definition) is 2. The van der Waals surface area contributed by atoms with E-state index in [1.54, 1.807) is 6.07 Å². The van der Waals surface area contributed by atoms with Gasteiger partial charge in [0.25, 0.3) is 0 Å². The highest BCUT2D eigenvalue weighted by molar-refractivity contribution is 6.35. The molecule has 0 bridgehead atoms. The first kappa shape index (κ1) is 12.3. The minimum Gasteiger partial charge on any atom is -0.361 e. The molecule has 5 heteroatoms. The quantitative estimate of drug-likeness (QED) is 0.844. The Labute approximate surface area is 98.0 Å².